The molecule has 5 aromatic rings. The molecule has 1 aliphatic heterocycles. The summed E-state index contributed by atoms with van der Waals surface area (Å²) in [4.78, 5) is 15.2. The van der Waals surface area contributed by atoms with E-state index in [1.54, 1.807) is 6.07 Å². The molecule has 8 nitrogen and oxygen atoms in total. The number of aryl methyl sites for hydroxylation is 1. The molecule has 0 spiro atoms. The molecule has 0 aliphatic carbocycles. The maximum Gasteiger partial charge on any atom is 0.229 e. The summed E-state index contributed by atoms with van der Waals surface area (Å²) in [6, 6.07) is 15.3. The van der Waals surface area contributed by atoms with Crippen LogP contribution in [0.1, 0.15) is 42.5 Å². The van der Waals surface area contributed by atoms with Gasteiger partial charge in [-0.25, -0.2) is 23.7 Å². The molecule has 1 N–H and O–H groups in total. The Morgan fingerprint density at radius 2 is 1.82 bits per heavy atom. The Labute approximate surface area is 224 Å². The third-order valence-corrected chi connectivity index (χ3v) is 6.98. The van der Waals surface area contributed by atoms with Gasteiger partial charge in [-0.1, -0.05) is 30.3 Å². The standard InChI is InChI=1S/C29H28F2N8/c1-17(2)39-18(3)33-28-22(30)11-21(12-25(28)39)27-23(31)14-32-29(35-27)34-26-13-20-9-10-38(16-24(20)36-37-26)15-19-7-5-4-6-8-19/h4-8,11-14,17H,9-10,15-16H2,1-3H3,(H,32,34,35,37). The molecule has 6 rings (SSSR count). The van der Waals surface area contributed by atoms with E-state index in [1.165, 1.54) is 11.6 Å². The maximum atomic E-state index is 15.0. The number of halogens is 2. The molecule has 3 aromatic heterocycles. The van der Waals surface area contributed by atoms with Crippen LogP contribution < -0.4 is 5.32 Å². The van der Waals surface area contributed by atoms with Gasteiger partial charge in [0.05, 0.1) is 17.4 Å². The van der Waals surface area contributed by atoms with Crippen LogP contribution in [0.25, 0.3) is 22.3 Å². The molecule has 0 unspecified atom stereocenters. The van der Waals surface area contributed by atoms with Gasteiger partial charge in [-0.15, -0.1) is 5.10 Å². The summed E-state index contributed by atoms with van der Waals surface area (Å²) in [5.74, 6) is 0.131. The zero-order valence-corrected chi connectivity index (χ0v) is 22.0. The van der Waals surface area contributed by atoms with E-state index in [2.05, 4.69) is 47.5 Å². The smallest absolute Gasteiger partial charge is 0.229 e. The first-order chi connectivity index (χ1) is 18.9. The van der Waals surface area contributed by atoms with Gasteiger partial charge in [0.25, 0.3) is 0 Å². The van der Waals surface area contributed by atoms with Crippen LogP contribution in [-0.4, -0.2) is 41.2 Å². The number of hydrogen-bond donors (Lipinski definition) is 1. The largest absolute Gasteiger partial charge is 0.326 e. The number of aromatic nitrogens is 6. The zero-order chi connectivity index (χ0) is 27.1. The first kappa shape index (κ1) is 25.0. The highest BCUT2D eigenvalue weighted by Crippen LogP contribution is 2.30. The maximum absolute atomic E-state index is 15.0. The monoisotopic (exact) mass is 526 g/mol. The lowest BCUT2D eigenvalue weighted by molar-refractivity contribution is 0.240. The number of anilines is 2. The molecule has 198 valence electrons. The van der Waals surface area contributed by atoms with Crippen molar-refractivity contribution in [3.8, 4) is 11.3 Å². The van der Waals surface area contributed by atoms with Crippen LogP contribution in [0.15, 0.2) is 54.7 Å². The highest BCUT2D eigenvalue weighted by Gasteiger charge is 2.21. The van der Waals surface area contributed by atoms with Crippen molar-refractivity contribution in [2.45, 2.75) is 46.3 Å². The SMILES string of the molecule is Cc1nc2c(F)cc(-c3nc(Nc4cc5c(nn4)CN(Cc4ccccc4)CC5)ncc3F)cc2n1C(C)C. The Balaban J connectivity index is 1.25. The van der Waals surface area contributed by atoms with Crippen LogP contribution in [0, 0.1) is 18.6 Å². The molecule has 2 aromatic carbocycles. The molecule has 39 heavy (non-hydrogen) atoms. The summed E-state index contributed by atoms with van der Waals surface area (Å²) >= 11 is 0. The number of benzene rings is 2. The highest BCUT2D eigenvalue weighted by atomic mass is 19.1. The van der Waals surface area contributed by atoms with E-state index < -0.39 is 11.6 Å². The molecule has 0 atom stereocenters. The van der Waals surface area contributed by atoms with Gasteiger partial charge in [-0.3, -0.25) is 4.90 Å². The molecule has 4 heterocycles. The Morgan fingerprint density at radius 3 is 2.62 bits per heavy atom. The summed E-state index contributed by atoms with van der Waals surface area (Å²) in [6.07, 6.45) is 1.91. The van der Waals surface area contributed by atoms with E-state index in [0.29, 0.717) is 22.7 Å². The summed E-state index contributed by atoms with van der Waals surface area (Å²) in [6.45, 7) is 8.30. The van der Waals surface area contributed by atoms with Gasteiger partial charge in [0.2, 0.25) is 5.95 Å². The quantitative estimate of drug-likeness (QED) is 0.301. The van der Waals surface area contributed by atoms with Crippen LogP contribution in [0.2, 0.25) is 0 Å². The van der Waals surface area contributed by atoms with Gasteiger partial charge in [-0.2, -0.15) is 5.10 Å². The fraction of sp³-hybridized carbons (Fsp3) is 0.276. The van der Waals surface area contributed by atoms with Crippen LogP contribution in [0.3, 0.4) is 0 Å². The van der Waals surface area contributed by atoms with Crippen molar-refractivity contribution >= 4 is 22.8 Å². The summed E-state index contributed by atoms with van der Waals surface area (Å²) in [5.41, 5.74) is 4.44. The number of rotatable bonds is 6. The highest BCUT2D eigenvalue weighted by molar-refractivity contribution is 5.83. The zero-order valence-electron chi connectivity index (χ0n) is 22.0. The molecular weight excluding hydrogens is 498 g/mol. The Hall–Kier alpha value is -4.31. The molecule has 10 heteroatoms. The first-order valence-corrected chi connectivity index (χ1v) is 13.0. The van der Waals surface area contributed by atoms with Crippen molar-refractivity contribution in [2.75, 3.05) is 11.9 Å². The number of hydrogen-bond acceptors (Lipinski definition) is 7. The molecule has 0 radical (unpaired) electrons. The fourth-order valence-electron chi connectivity index (χ4n) is 5.21. The van der Waals surface area contributed by atoms with E-state index in [-0.39, 0.29) is 23.2 Å². The van der Waals surface area contributed by atoms with E-state index in [1.807, 2.05) is 49.6 Å². The van der Waals surface area contributed by atoms with E-state index in [0.717, 1.165) is 43.5 Å². The number of fused-ring (bicyclic) bond motifs is 2. The van der Waals surface area contributed by atoms with Crippen molar-refractivity contribution in [2.24, 2.45) is 0 Å². The summed E-state index contributed by atoms with van der Waals surface area (Å²) in [5, 5.41) is 11.8. The average Bonchev–Trinajstić information content (AvgIpc) is 3.27. The van der Waals surface area contributed by atoms with Gasteiger partial charge in [-0.05, 0) is 56.5 Å². The molecule has 0 bridgehead atoms. The van der Waals surface area contributed by atoms with Gasteiger partial charge < -0.3 is 9.88 Å². The van der Waals surface area contributed by atoms with Crippen molar-refractivity contribution in [1.29, 1.82) is 0 Å². The van der Waals surface area contributed by atoms with Crippen LogP contribution in [-0.2, 0) is 19.5 Å². The van der Waals surface area contributed by atoms with Crippen molar-refractivity contribution in [3.63, 3.8) is 0 Å². The molecule has 0 saturated heterocycles. The van der Waals surface area contributed by atoms with E-state index >= 15 is 0 Å². The molecule has 0 amide bonds. The molecular formula is C29H28F2N8. The second-order valence-corrected chi connectivity index (χ2v) is 10.1. The Bertz CT molecular complexity index is 1670. The first-order valence-electron chi connectivity index (χ1n) is 13.0. The van der Waals surface area contributed by atoms with Crippen molar-refractivity contribution < 1.29 is 8.78 Å². The van der Waals surface area contributed by atoms with Crippen molar-refractivity contribution in [1.82, 2.24) is 34.6 Å². The minimum absolute atomic E-state index is 0.00932. The summed E-state index contributed by atoms with van der Waals surface area (Å²) in [7, 11) is 0. The van der Waals surface area contributed by atoms with E-state index in [4.69, 9.17) is 0 Å². The number of imidazole rings is 1. The lowest BCUT2D eigenvalue weighted by atomic mass is 10.0. The van der Waals surface area contributed by atoms with E-state index in [9.17, 15) is 8.78 Å². The normalized spacial score (nSPS) is 13.7. The fourth-order valence-corrected chi connectivity index (χ4v) is 5.21. The number of nitrogens with zero attached hydrogens (tertiary/aromatic N) is 7. The lowest BCUT2D eigenvalue weighted by Gasteiger charge is -2.27. The van der Waals surface area contributed by atoms with Gasteiger partial charge >= 0.3 is 0 Å². The lowest BCUT2D eigenvalue weighted by Crippen LogP contribution is -2.31. The second kappa shape index (κ2) is 10.1. The van der Waals surface area contributed by atoms with Crippen LogP contribution in [0.5, 0.6) is 0 Å². The third-order valence-electron chi connectivity index (χ3n) is 6.98. The minimum atomic E-state index is -0.651. The van der Waals surface area contributed by atoms with Crippen LogP contribution >= 0.6 is 0 Å². The summed E-state index contributed by atoms with van der Waals surface area (Å²) < 4.78 is 31.8. The predicted octanol–water partition coefficient (Wildman–Crippen LogP) is 5.75. The Kier molecular flexibility index (Phi) is 6.48. The molecule has 0 saturated carbocycles. The molecule has 1 aliphatic rings. The Morgan fingerprint density at radius 1 is 1.00 bits per heavy atom. The van der Waals surface area contributed by atoms with Crippen LogP contribution in [0.4, 0.5) is 20.5 Å². The molecule has 0 fully saturated rings. The minimum Gasteiger partial charge on any atom is -0.326 e. The average molecular weight is 527 g/mol. The second-order valence-electron chi connectivity index (χ2n) is 10.1. The van der Waals surface area contributed by atoms with Crippen molar-refractivity contribution in [3.05, 3.63) is 89.0 Å². The van der Waals surface area contributed by atoms with Gasteiger partial charge in [0.1, 0.15) is 17.0 Å². The third kappa shape index (κ3) is 4.95. The number of nitrogens with one attached hydrogen (secondary N) is 1. The van der Waals surface area contributed by atoms with Gasteiger partial charge in [0, 0.05) is 31.2 Å². The predicted molar refractivity (Wildman–Crippen MR) is 145 cm³/mol. The topological polar surface area (TPSA) is 84.7 Å². The van der Waals surface area contributed by atoms with Gasteiger partial charge in [0.15, 0.2) is 17.5 Å².